The van der Waals surface area contributed by atoms with Crippen molar-refractivity contribution in [3.05, 3.63) is 66.0 Å². The lowest BCUT2D eigenvalue weighted by molar-refractivity contribution is 0.0129. The van der Waals surface area contributed by atoms with E-state index in [9.17, 15) is 9.59 Å². The molecule has 0 aliphatic rings. The zero-order chi connectivity index (χ0) is 22.1. The summed E-state index contributed by atoms with van der Waals surface area (Å²) in [4.78, 5) is 28.1. The van der Waals surface area contributed by atoms with Gasteiger partial charge in [-0.25, -0.2) is 14.3 Å². The van der Waals surface area contributed by atoms with E-state index in [4.69, 9.17) is 18.9 Å². The van der Waals surface area contributed by atoms with Crippen molar-refractivity contribution in [1.29, 1.82) is 0 Å². The molecule has 0 spiro atoms. The van der Waals surface area contributed by atoms with E-state index >= 15 is 0 Å². The molecule has 0 aliphatic carbocycles. The fraction of sp³-hybridized carbons (Fsp3) is 0.238. The largest absolute Gasteiger partial charge is 0.497 e. The summed E-state index contributed by atoms with van der Waals surface area (Å²) in [5.41, 5.74) is 1.17. The zero-order valence-electron chi connectivity index (χ0n) is 17.1. The quantitative estimate of drug-likeness (QED) is 0.386. The Morgan fingerprint density at radius 3 is 2.39 bits per heavy atom. The first-order chi connectivity index (χ1) is 15.1. The number of ether oxygens (including phenoxy) is 4. The van der Waals surface area contributed by atoms with Gasteiger partial charge in [0.2, 0.25) is 11.8 Å². The van der Waals surface area contributed by atoms with Crippen molar-refractivity contribution in [2.45, 2.75) is 6.73 Å². The molecule has 162 valence electrons. The lowest BCUT2D eigenvalue weighted by Gasteiger charge is -2.07. The molecule has 0 saturated heterocycles. The second kappa shape index (κ2) is 10.7. The molecule has 31 heavy (non-hydrogen) atoms. The lowest BCUT2D eigenvalue weighted by Crippen LogP contribution is -2.17. The lowest BCUT2D eigenvalue weighted by atomic mass is 10.2. The normalized spacial score (nSPS) is 10.4. The van der Waals surface area contributed by atoms with Gasteiger partial charge in [0.05, 0.1) is 26.4 Å². The number of esters is 2. The summed E-state index contributed by atoms with van der Waals surface area (Å²) in [7, 11) is 2.83. The highest BCUT2D eigenvalue weighted by molar-refractivity contribution is 5.89. The minimum absolute atomic E-state index is 0.0280. The third-order valence-electron chi connectivity index (χ3n) is 4.07. The van der Waals surface area contributed by atoms with Gasteiger partial charge in [0.1, 0.15) is 19.1 Å². The Bertz CT molecular complexity index is 1000. The molecular weight excluding hydrogens is 404 g/mol. The Morgan fingerprint density at radius 1 is 0.968 bits per heavy atom. The molecule has 0 bridgehead atoms. The third-order valence-corrected chi connectivity index (χ3v) is 4.07. The van der Waals surface area contributed by atoms with Gasteiger partial charge in [-0.05, 0) is 36.4 Å². The van der Waals surface area contributed by atoms with E-state index in [0.29, 0.717) is 17.0 Å². The number of rotatable bonds is 10. The number of carbonyl (C=O) groups excluding carboxylic acids is 2. The van der Waals surface area contributed by atoms with Crippen molar-refractivity contribution >= 4 is 23.6 Å². The highest BCUT2D eigenvalue weighted by Crippen LogP contribution is 2.18. The van der Waals surface area contributed by atoms with E-state index in [1.807, 2.05) is 6.07 Å². The number of anilines is 2. The molecule has 0 saturated carbocycles. The first kappa shape index (κ1) is 21.8. The van der Waals surface area contributed by atoms with Crippen LogP contribution < -0.4 is 10.1 Å². The minimum Gasteiger partial charge on any atom is -0.497 e. The van der Waals surface area contributed by atoms with Crippen LogP contribution >= 0.6 is 0 Å². The van der Waals surface area contributed by atoms with Crippen LogP contribution in [0.1, 0.15) is 21.0 Å². The molecule has 0 fully saturated rings. The highest BCUT2D eigenvalue weighted by atomic mass is 16.6. The smallest absolute Gasteiger partial charge is 0.375 e. The summed E-state index contributed by atoms with van der Waals surface area (Å²) >= 11 is 0. The molecule has 1 aromatic heterocycles. The maximum atomic E-state index is 12.0. The number of nitrogens with zero attached hydrogens (tertiary/aromatic N) is 3. The number of aromatic nitrogens is 3. The molecule has 0 atom stereocenters. The van der Waals surface area contributed by atoms with Crippen molar-refractivity contribution in [2.24, 2.45) is 0 Å². The second-order valence-electron chi connectivity index (χ2n) is 6.14. The maximum absolute atomic E-state index is 12.0. The monoisotopic (exact) mass is 426 g/mol. The first-order valence-electron chi connectivity index (χ1n) is 9.35. The molecule has 1 N–H and O–H groups in total. The Morgan fingerprint density at radius 2 is 1.71 bits per heavy atom. The Kier molecular flexibility index (Phi) is 7.55. The summed E-state index contributed by atoms with van der Waals surface area (Å²) in [5.74, 6) is -0.217. The Hall–Kier alpha value is -3.92. The van der Waals surface area contributed by atoms with Gasteiger partial charge in [-0.1, -0.05) is 18.2 Å². The second-order valence-corrected chi connectivity index (χ2v) is 6.14. The molecule has 0 aliphatic heterocycles. The van der Waals surface area contributed by atoms with Crippen LogP contribution in [0, 0.1) is 0 Å². The van der Waals surface area contributed by atoms with Gasteiger partial charge >= 0.3 is 11.9 Å². The molecular formula is C21H22N4O6. The molecule has 3 aromatic rings. The highest BCUT2D eigenvalue weighted by Gasteiger charge is 2.18. The molecule has 0 amide bonds. The standard InChI is InChI=1S/C21H22N4O6/c1-28-17-10-8-16(9-11-17)22-21-23-18(20(27)29-2)25(24-21)14-30-12-13-31-19(26)15-6-4-3-5-7-15/h3-11H,12-14H2,1-2H3,(H,22,24). The number of hydrogen-bond donors (Lipinski definition) is 1. The van der Waals surface area contributed by atoms with Crippen molar-refractivity contribution in [2.75, 3.05) is 32.8 Å². The van der Waals surface area contributed by atoms with Crippen LogP contribution in [0.5, 0.6) is 5.75 Å². The van der Waals surface area contributed by atoms with Crippen molar-refractivity contribution < 1.29 is 28.5 Å². The Balaban J connectivity index is 1.55. The molecule has 0 radical (unpaired) electrons. The maximum Gasteiger partial charge on any atom is 0.375 e. The molecule has 10 heteroatoms. The Labute approximate surface area is 178 Å². The summed E-state index contributed by atoms with van der Waals surface area (Å²) in [6, 6.07) is 15.8. The minimum atomic E-state index is -0.658. The number of benzene rings is 2. The zero-order valence-corrected chi connectivity index (χ0v) is 17.1. The topological polar surface area (TPSA) is 114 Å². The molecule has 10 nitrogen and oxygen atoms in total. The predicted octanol–water partition coefficient (Wildman–Crippen LogP) is 2.65. The van der Waals surface area contributed by atoms with Crippen molar-refractivity contribution in [1.82, 2.24) is 14.8 Å². The predicted molar refractivity (Wildman–Crippen MR) is 110 cm³/mol. The summed E-state index contributed by atoms with van der Waals surface area (Å²) in [6.45, 7) is 0.0812. The molecule has 2 aromatic carbocycles. The first-order valence-corrected chi connectivity index (χ1v) is 9.35. The average molecular weight is 426 g/mol. The molecule has 3 rings (SSSR count). The fourth-order valence-corrected chi connectivity index (χ4v) is 2.53. The third kappa shape index (κ3) is 6.03. The van der Waals surface area contributed by atoms with Crippen molar-refractivity contribution in [3.63, 3.8) is 0 Å². The van der Waals surface area contributed by atoms with E-state index in [1.165, 1.54) is 11.8 Å². The summed E-state index contributed by atoms with van der Waals surface area (Å²) in [6.07, 6.45) is 0. The van der Waals surface area contributed by atoms with Crippen LogP contribution in [-0.2, 0) is 20.9 Å². The van der Waals surface area contributed by atoms with E-state index in [0.717, 1.165) is 0 Å². The number of nitrogens with one attached hydrogen (secondary N) is 1. The van der Waals surface area contributed by atoms with Crippen LogP contribution in [0.3, 0.4) is 0 Å². The molecule has 1 heterocycles. The number of carbonyl (C=O) groups is 2. The van der Waals surface area contributed by atoms with Gasteiger partial charge in [0.15, 0.2) is 0 Å². The van der Waals surface area contributed by atoms with Gasteiger partial charge in [0, 0.05) is 5.69 Å². The van der Waals surface area contributed by atoms with Gasteiger partial charge in [-0.15, -0.1) is 5.10 Å². The van der Waals surface area contributed by atoms with Crippen molar-refractivity contribution in [3.8, 4) is 5.75 Å². The molecule has 0 unspecified atom stereocenters. The van der Waals surface area contributed by atoms with Gasteiger partial charge in [-0.3, -0.25) is 0 Å². The van der Waals surface area contributed by atoms with Crippen LogP contribution in [-0.4, -0.2) is 54.1 Å². The van der Waals surface area contributed by atoms with E-state index < -0.39 is 11.9 Å². The van der Waals surface area contributed by atoms with Gasteiger partial charge in [0.25, 0.3) is 0 Å². The van der Waals surface area contributed by atoms with E-state index in [2.05, 4.69) is 15.4 Å². The van der Waals surface area contributed by atoms with E-state index in [-0.39, 0.29) is 31.7 Å². The fourth-order valence-electron chi connectivity index (χ4n) is 2.53. The van der Waals surface area contributed by atoms with Gasteiger partial charge in [-0.2, -0.15) is 4.98 Å². The number of methoxy groups -OCH3 is 2. The SMILES string of the molecule is COC(=O)c1nc(Nc2ccc(OC)cc2)nn1COCCOC(=O)c1ccccc1. The number of hydrogen-bond acceptors (Lipinski definition) is 9. The van der Waals surface area contributed by atoms with Crippen LogP contribution in [0.25, 0.3) is 0 Å². The average Bonchev–Trinajstić information content (AvgIpc) is 3.21. The van der Waals surface area contributed by atoms with Crippen LogP contribution in [0.15, 0.2) is 54.6 Å². The van der Waals surface area contributed by atoms with Gasteiger partial charge < -0.3 is 24.3 Å². The van der Waals surface area contributed by atoms with E-state index in [1.54, 1.807) is 55.6 Å². The summed E-state index contributed by atoms with van der Waals surface area (Å²) in [5, 5.41) is 7.23. The van der Waals surface area contributed by atoms with Crippen LogP contribution in [0.4, 0.5) is 11.6 Å². The summed E-state index contributed by atoms with van der Waals surface area (Å²) < 4.78 is 21.7. The van der Waals surface area contributed by atoms with Crippen LogP contribution in [0.2, 0.25) is 0 Å².